The number of halogens is 4. The SMILES string of the molecule is Oc1ccc(OC(F)(F)C(Cl)Cl)cc1. The highest BCUT2D eigenvalue weighted by Gasteiger charge is 2.40. The van der Waals surface area contributed by atoms with Crippen molar-refractivity contribution in [3.8, 4) is 11.5 Å². The maximum atomic E-state index is 12.8. The number of hydrogen-bond acceptors (Lipinski definition) is 2. The Morgan fingerprint density at radius 2 is 1.71 bits per heavy atom. The summed E-state index contributed by atoms with van der Waals surface area (Å²) in [7, 11) is 0. The van der Waals surface area contributed by atoms with Crippen molar-refractivity contribution in [1.82, 2.24) is 0 Å². The third kappa shape index (κ3) is 2.89. The summed E-state index contributed by atoms with van der Waals surface area (Å²) in [5.74, 6) is -0.173. The summed E-state index contributed by atoms with van der Waals surface area (Å²) in [5, 5.41) is 8.87. The van der Waals surface area contributed by atoms with Gasteiger partial charge in [0.1, 0.15) is 11.5 Å². The minimum atomic E-state index is -3.65. The van der Waals surface area contributed by atoms with Crippen LogP contribution in [0.3, 0.4) is 0 Å². The quantitative estimate of drug-likeness (QED) is 0.826. The van der Waals surface area contributed by atoms with Gasteiger partial charge in [-0.05, 0) is 24.3 Å². The molecule has 1 rings (SSSR count). The molecule has 2 nitrogen and oxygen atoms in total. The molecule has 1 N–H and O–H groups in total. The molecule has 0 amide bonds. The van der Waals surface area contributed by atoms with Crippen molar-refractivity contribution >= 4 is 23.2 Å². The molecule has 78 valence electrons. The lowest BCUT2D eigenvalue weighted by Gasteiger charge is -2.18. The van der Waals surface area contributed by atoms with Crippen LogP contribution in [0.25, 0.3) is 0 Å². The molecule has 1 aromatic rings. The normalized spacial score (nSPS) is 11.8. The van der Waals surface area contributed by atoms with Gasteiger partial charge in [-0.2, -0.15) is 8.78 Å². The van der Waals surface area contributed by atoms with Gasteiger partial charge < -0.3 is 9.84 Å². The Labute approximate surface area is 89.0 Å². The van der Waals surface area contributed by atoms with Gasteiger partial charge in [-0.25, -0.2) is 0 Å². The number of aromatic hydroxyl groups is 1. The number of alkyl halides is 4. The van der Waals surface area contributed by atoms with E-state index in [1.165, 1.54) is 24.3 Å². The molecule has 0 heterocycles. The number of hydrogen-bond donors (Lipinski definition) is 1. The van der Waals surface area contributed by atoms with Crippen LogP contribution in [0.1, 0.15) is 0 Å². The zero-order chi connectivity index (χ0) is 10.8. The van der Waals surface area contributed by atoms with Crippen molar-refractivity contribution in [2.75, 3.05) is 0 Å². The molecule has 0 atom stereocenters. The van der Waals surface area contributed by atoms with Gasteiger partial charge in [0.05, 0.1) is 0 Å². The van der Waals surface area contributed by atoms with Crippen molar-refractivity contribution in [2.24, 2.45) is 0 Å². The summed E-state index contributed by atoms with van der Waals surface area (Å²) in [6, 6.07) is 4.78. The first-order valence-electron chi connectivity index (χ1n) is 3.56. The molecule has 14 heavy (non-hydrogen) atoms. The van der Waals surface area contributed by atoms with Gasteiger partial charge in [-0.15, -0.1) is 0 Å². The zero-order valence-electron chi connectivity index (χ0n) is 6.75. The summed E-state index contributed by atoms with van der Waals surface area (Å²) in [4.78, 5) is -1.95. The van der Waals surface area contributed by atoms with Crippen LogP contribution in [0.15, 0.2) is 24.3 Å². The molecule has 6 heteroatoms. The Hall–Kier alpha value is -0.740. The first-order chi connectivity index (χ1) is 6.42. The second-order valence-corrected chi connectivity index (χ2v) is 3.55. The minimum absolute atomic E-state index is 0.0473. The summed E-state index contributed by atoms with van der Waals surface area (Å²) < 4.78 is 29.8. The third-order valence-electron chi connectivity index (χ3n) is 1.34. The van der Waals surface area contributed by atoms with Crippen molar-refractivity contribution < 1.29 is 18.6 Å². The molecule has 0 fully saturated rings. The van der Waals surface area contributed by atoms with Gasteiger partial charge in [-0.1, -0.05) is 23.2 Å². The predicted molar refractivity (Wildman–Crippen MR) is 49.2 cm³/mol. The second kappa shape index (κ2) is 4.19. The van der Waals surface area contributed by atoms with Crippen LogP contribution in [-0.4, -0.2) is 16.1 Å². The molecule has 0 unspecified atom stereocenters. The van der Waals surface area contributed by atoms with E-state index in [1.54, 1.807) is 0 Å². The number of benzene rings is 1. The second-order valence-electron chi connectivity index (χ2n) is 2.46. The molecule has 0 saturated heterocycles. The zero-order valence-corrected chi connectivity index (χ0v) is 8.27. The lowest BCUT2D eigenvalue weighted by molar-refractivity contribution is -0.163. The highest BCUT2D eigenvalue weighted by atomic mass is 35.5. The van der Waals surface area contributed by atoms with Crippen molar-refractivity contribution in [2.45, 2.75) is 10.9 Å². The number of ether oxygens (including phenoxy) is 1. The Balaban J connectivity index is 2.74. The molecule has 0 aliphatic heterocycles. The van der Waals surface area contributed by atoms with Crippen molar-refractivity contribution in [1.29, 1.82) is 0 Å². The summed E-state index contributed by atoms with van der Waals surface area (Å²) in [5.41, 5.74) is 0. The first kappa shape index (κ1) is 11.3. The molecular weight excluding hydrogens is 237 g/mol. The average molecular weight is 243 g/mol. The average Bonchev–Trinajstić information content (AvgIpc) is 2.08. The highest BCUT2D eigenvalue weighted by Crippen LogP contribution is 2.30. The topological polar surface area (TPSA) is 29.5 Å². The number of phenols is 1. The minimum Gasteiger partial charge on any atom is -0.508 e. The molecule has 0 bridgehead atoms. The molecule has 1 aromatic carbocycles. The molecule has 0 aromatic heterocycles. The van der Waals surface area contributed by atoms with Crippen molar-refractivity contribution in [3.05, 3.63) is 24.3 Å². The summed E-state index contributed by atoms with van der Waals surface area (Å²) >= 11 is 9.98. The summed E-state index contributed by atoms with van der Waals surface area (Å²) in [6.07, 6.45) is -3.65. The molecule has 0 spiro atoms. The third-order valence-corrected chi connectivity index (χ3v) is 1.85. The molecule has 0 aliphatic carbocycles. The fourth-order valence-electron chi connectivity index (χ4n) is 0.716. The van der Waals surface area contributed by atoms with Crippen LogP contribution in [0.5, 0.6) is 11.5 Å². The van der Waals surface area contributed by atoms with Gasteiger partial charge in [0.15, 0.2) is 0 Å². The first-order valence-corrected chi connectivity index (χ1v) is 4.43. The van der Waals surface area contributed by atoms with Crippen LogP contribution in [0, 0.1) is 0 Å². The lowest BCUT2D eigenvalue weighted by Crippen LogP contribution is -2.32. The number of phenolic OH excluding ortho intramolecular Hbond substituents is 1. The van der Waals surface area contributed by atoms with Crippen LogP contribution in [-0.2, 0) is 0 Å². The molecular formula is C8H6Cl2F2O2. The van der Waals surface area contributed by atoms with E-state index < -0.39 is 10.9 Å². The van der Waals surface area contributed by atoms with Gasteiger partial charge in [-0.3, -0.25) is 0 Å². The Kier molecular flexibility index (Phi) is 3.39. The largest absolute Gasteiger partial charge is 0.508 e. The van der Waals surface area contributed by atoms with E-state index in [0.717, 1.165) is 0 Å². The van der Waals surface area contributed by atoms with Gasteiger partial charge in [0.2, 0.25) is 4.84 Å². The summed E-state index contributed by atoms with van der Waals surface area (Å²) in [6.45, 7) is 0. The van der Waals surface area contributed by atoms with E-state index >= 15 is 0 Å². The Morgan fingerprint density at radius 1 is 1.21 bits per heavy atom. The fraction of sp³-hybridized carbons (Fsp3) is 0.250. The van der Waals surface area contributed by atoms with Crippen LogP contribution in [0.4, 0.5) is 8.78 Å². The Morgan fingerprint density at radius 3 is 2.14 bits per heavy atom. The molecule has 0 aliphatic rings. The van der Waals surface area contributed by atoms with Gasteiger partial charge in [0.25, 0.3) is 0 Å². The van der Waals surface area contributed by atoms with Crippen LogP contribution in [0.2, 0.25) is 0 Å². The lowest BCUT2D eigenvalue weighted by atomic mass is 10.3. The van der Waals surface area contributed by atoms with E-state index in [9.17, 15) is 8.78 Å². The van der Waals surface area contributed by atoms with E-state index in [2.05, 4.69) is 4.74 Å². The van der Waals surface area contributed by atoms with E-state index in [0.29, 0.717) is 0 Å². The standard InChI is InChI=1S/C8H6Cl2F2O2/c9-7(10)8(11,12)14-6-3-1-5(13)2-4-6/h1-4,7,13H. The predicted octanol–water partition coefficient (Wildman–Crippen LogP) is 3.17. The maximum Gasteiger partial charge on any atom is 0.428 e. The van der Waals surface area contributed by atoms with E-state index in [4.69, 9.17) is 28.3 Å². The molecule has 0 radical (unpaired) electrons. The maximum absolute atomic E-state index is 12.8. The van der Waals surface area contributed by atoms with Gasteiger partial charge >= 0.3 is 6.11 Å². The van der Waals surface area contributed by atoms with E-state index in [-0.39, 0.29) is 11.5 Å². The van der Waals surface area contributed by atoms with Crippen LogP contribution >= 0.6 is 23.2 Å². The number of rotatable bonds is 3. The fourth-order valence-corrected chi connectivity index (χ4v) is 0.805. The van der Waals surface area contributed by atoms with Crippen molar-refractivity contribution in [3.63, 3.8) is 0 Å². The molecule has 0 saturated carbocycles. The smallest absolute Gasteiger partial charge is 0.428 e. The highest BCUT2D eigenvalue weighted by molar-refractivity contribution is 6.44. The van der Waals surface area contributed by atoms with Crippen LogP contribution < -0.4 is 4.74 Å². The Bertz CT molecular complexity index is 301. The van der Waals surface area contributed by atoms with E-state index in [1.807, 2.05) is 0 Å². The monoisotopic (exact) mass is 242 g/mol. The van der Waals surface area contributed by atoms with Gasteiger partial charge in [0, 0.05) is 0 Å².